The summed E-state index contributed by atoms with van der Waals surface area (Å²) in [7, 11) is 0. The van der Waals surface area contributed by atoms with Crippen molar-refractivity contribution in [3.05, 3.63) is 83.5 Å². The molecule has 0 unspecified atom stereocenters. The fraction of sp³-hybridized carbons (Fsp3) is 0.130. The van der Waals surface area contributed by atoms with Crippen molar-refractivity contribution in [2.75, 3.05) is 18.5 Å². The highest BCUT2D eigenvalue weighted by molar-refractivity contribution is 6.34. The van der Waals surface area contributed by atoms with E-state index in [0.717, 1.165) is 6.42 Å². The van der Waals surface area contributed by atoms with Crippen molar-refractivity contribution < 1.29 is 18.7 Å². The number of para-hydroxylation sites is 1. The molecule has 0 aliphatic carbocycles. The van der Waals surface area contributed by atoms with E-state index >= 15 is 0 Å². The first-order chi connectivity index (χ1) is 15.6. The molecule has 0 saturated heterocycles. The summed E-state index contributed by atoms with van der Waals surface area (Å²) in [6, 6.07) is 13.1. The molecule has 7 nitrogen and oxygen atoms in total. The van der Waals surface area contributed by atoms with Crippen LogP contribution in [0.25, 0.3) is 11.5 Å². The van der Waals surface area contributed by atoms with Gasteiger partial charge in [0.25, 0.3) is 5.91 Å². The summed E-state index contributed by atoms with van der Waals surface area (Å²) in [4.78, 5) is 13.2. The molecule has 1 aliphatic rings. The summed E-state index contributed by atoms with van der Waals surface area (Å²) in [6.45, 7) is 1.04. The second-order valence-corrected chi connectivity index (χ2v) is 7.53. The molecule has 0 bridgehead atoms. The van der Waals surface area contributed by atoms with Gasteiger partial charge in [-0.05, 0) is 24.3 Å². The lowest BCUT2D eigenvalue weighted by Crippen LogP contribution is -2.16. The predicted molar refractivity (Wildman–Crippen MR) is 118 cm³/mol. The standard InChI is InChI=1S/C23H18ClFN4O3/c24-16-12-20-21(32-11-5-10-31-20)13-18(16)27-22(30)15-14-26-29(19-7-2-1-6-17(19)25)23(15)28-8-3-4-9-28/h1-4,6-9,12-14H,5,10-11H2,(H,27,30). The second-order valence-electron chi connectivity index (χ2n) is 7.12. The normalized spacial score (nSPS) is 12.9. The third-order valence-electron chi connectivity index (χ3n) is 5.00. The van der Waals surface area contributed by atoms with E-state index in [9.17, 15) is 9.18 Å². The number of benzene rings is 2. The largest absolute Gasteiger partial charge is 0.490 e. The monoisotopic (exact) mass is 452 g/mol. The van der Waals surface area contributed by atoms with E-state index in [4.69, 9.17) is 21.1 Å². The average Bonchev–Trinajstić information content (AvgIpc) is 3.41. The number of carbonyl (C=O) groups excluding carboxylic acids is 1. The zero-order valence-corrected chi connectivity index (χ0v) is 17.6. The molecule has 4 aromatic rings. The smallest absolute Gasteiger partial charge is 0.261 e. The number of nitrogens with zero attached hydrogens (tertiary/aromatic N) is 3. The van der Waals surface area contributed by atoms with E-state index in [0.29, 0.717) is 41.2 Å². The highest BCUT2D eigenvalue weighted by Gasteiger charge is 2.23. The number of anilines is 1. The van der Waals surface area contributed by atoms with E-state index in [-0.39, 0.29) is 11.3 Å². The summed E-state index contributed by atoms with van der Waals surface area (Å²) in [6.07, 6.45) is 5.66. The summed E-state index contributed by atoms with van der Waals surface area (Å²) >= 11 is 6.38. The molecule has 0 atom stereocenters. The number of rotatable bonds is 4. The van der Waals surface area contributed by atoms with Gasteiger partial charge in [-0.1, -0.05) is 23.7 Å². The van der Waals surface area contributed by atoms with Gasteiger partial charge in [0.05, 0.1) is 30.1 Å². The van der Waals surface area contributed by atoms with Crippen LogP contribution in [0.4, 0.5) is 10.1 Å². The van der Waals surface area contributed by atoms with Crippen LogP contribution in [0.1, 0.15) is 16.8 Å². The van der Waals surface area contributed by atoms with Crippen LogP contribution in [0.15, 0.2) is 67.1 Å². The Balaban J connectivity index is 1.54. The van der Waals surface area contributed by atoms with Gasteiger partial charge in [0.15, 0.2) is 17.3 Å². The first-order valence-electron chi connectivity index (χ1n) is 9.98. The van der Waals surface area contributed by atoms with Gasteiger partial charge in [0.2, 0.25) is 0 Å². The molecule has 162 valence electrons. The SMILES string of the molecule is O=C(Nc1cc2c(cc1Cl)OCCCO2)c1cnn(-c2ccccc2F)c1-n1cccc1. The minimum atomic E-state index is -0.457. The highest BCUT2D eigenvalue weighted by atomic mass is 35.5. The molecule has 32 heavy (non-hydrogen) atoms. The van der Waals surface area contributed by atoms with Gasteiger partial charge in [-0.3, -0.25) is 4.79 Å². The molecule has 5 rings (SSSR count). The first kappa shape index (κ1) is 20.1. The third kappa shape index (κ3) is 3.69. The van der Waals surface area contributed by atoms with Gasteiger partial charge in [0, 0.05) is 30.9 Å². The topological polar surface area (TPSA) is 70.3 Å². The molecule has 1 aliphatic heterocycles. The molecular weight excluding hydrogens is 435 g/mol. The Labute approximate surface area is 187 Å². The maximum absolute atomic E-state index is 14.5. The van der Waals surface area contributed by atoms with Gasteiger partial charge >= 0.3 is 0 Å². The van der Waals surface area contributed by atoms with Gasteiger partial charge in [-0.25, -0.2) is 9.07 Å². The van der Waals surface area contributed by atoms with Crippen LogP contribution in [0.3, 0.4) is 0 Å². The molecule has 1 amide bonds. The Hall–Kier alpha value is -3.78. The van der Waals surface area contributed by atoms with Gasteiger partial charge in [-0.15, -0.1) is 0 Å². The van der Waals surface area contributed by atoms with Crippen LogP contribution in [0, 0.1) is 5.82 Å². The zero-order valence-electron chi connectivity index (χ0n) is 16.8. The summed E-state index contributed by atoms with van der Waals surface area (Å²) in [5.41, 5.74) is 0.842. The minimum Gasteiger partial charge on any atom is -0.490 e. The molecular formula is C23H18ClFN4O3. The maximum atomic E-state index is 14.5. The first-order valence-corrected chi connectivity index (χ1v) is 10.4. The van der Waals surface area contributed by atoms with Gasteiger partial charge < -0.3 is 19.4 Å². The van der Waals surface area contributed by atoms with Crippen molar-refractivity contribution in [2.45, 2.75) is 6.42 Å². The van der Waals surface area contributed by atoms with Crippen LogP contribution in [0.5, 0.6) is 11.5 Å². The Bertz CT molecular complexity index is 1290. The highest BCUT2D eigenvalue weighted by Crippen LogP contribution is 2.38. The average molecular weight is 453 g/mol. The number of ether oxygens (including phenoxy) is 2. The second kappa shape index (κ2) is 8.39. The quantitative estimate of drug-likeness (QED) is 0.479. The van der Waals surface area contributed by atoms with Crippen LogP contribution >= 0.6 is 11.6 Å². The molecule has 9 heteroatoms. The molecule has 0 fully saturated rings. The number of nitrogens with one attached hydrogen (secondary N) is 1. The van der Waals surface area contributed by atoms with Crippen LogP contribution in [-0.4, -0.2) is 33.5 Å². The van der Waals surface area contributed by atoms with E-state index in [1.807, 2.05) is 0 Å². The summed E-state index contributed by atoms with van der Waals surface area (Å²) < 4.78 is 28.9. The number of amides is 1. The number of fused-ring (bicyclic) bond motifs is 1. The van der Waals surface area contributed by atoms with Crippen LogP contribution < -0.4 is 14.8 Å². The summed E-state index contributed by atoms with van der Waals surface area (Å²) in [5, 5.41) is 7.41. The Morgan fingerprint density at radius 3 is 2.53 bits per heavy atom. The van der Waals surface area contributed by atoms with Crippen molar-refractivity contribution in [1.29, 1.82) is 0 Å². The molecule has 1 N–H and O–H groups in total. The van der Waals surface area contributed by atoms with Crippen LogP contribution in [-0.2, 0) is 0 Å². The summed E-state index contributed by atoms with van der Waals surface area (Å²) in [5.74, 6) is 0.526. The Morgan fingerprint density at radius 2 is 1.78 bits per heavy atom. The molecule has 2 aromatic carbocycles. The Kier molecular flexibility index (Phi) is 5.28. The molecule has 0 spiro atoms. The van der Waals surface area contributed by atoms with Gasteiger partial charge in [0.1, 0.15) is 17.1 Å². The molecule has 0 saturated carbocycles. The molecule has 3 heterocycles. The minimum absolute atomic E-state index is 0.226. The van der Waals surface area contributed by atoms with Crippen molar-refractivity contribution in [1.82, 2.24) is 14.3 Å². The maximum Gasteiger partial charge on any atom is 0.261 e. The lowest BCUT2D eigenvalue weighted by Gasteiger charge is -2.14. The van der Waals surface area contributed by atoms with Crippen molar-refractivity contribution in [2.24, 2.45) is 0 Å². The number of hydrogen-bond donors (Lipinski definition) is 1. The Morgan fingerprint density at radius 1 is 1.06 bits per heavy atom. The van der Waals surface area contributed by atoms with Crippen molar-refractivity contribution >= 4 is 23.2 Å². The fourth-order valence-corrected chi connectivity index (χ4v) is 3.70. The molecule has 0 radical (unpaired) electrons. The lowest BCUT2D eigenvalue weighted by molar-refractivity contribution is 0.102. The van der Waals surface area contributed by atoms with E-state index in [2.05, 4.69) is 10.4 Å². The number of aromatic nitrogens is 3. The van der Waals surface area contributed by atoms with Crippen molar-refractivity contribution in [3.63, 3.8) is 0 Å². The number of carbonyl (C=O) groups is 1. The number of hydrogen-bond acceptors (Lipinski definition) is 4. The third-order valence-corrected chi connectivity index (χ3v) is 5.32. The zero-order chi connectivity index (χ0) is 22.1. The lowest BCUT2D eigenvalue weighted by atomic mass is 10.2. The molecule has 2 aromatic heterocycles. The fourth-order valence-electron chi connectivity index (χ4n) is 3.50. The van der Waals surface area contributed by atoms with E-state index < -0.39 is 11.7 Å². The van der Waals surface area contributed by atoms with Crippen LogP contribution in [0.2, 0.25) is 5.02 Å². The van der Waals surface area contributed by atoms with Gasteiger partial charge in [-0.2, -0.15) is 5.10 Å². The predicted octanol–water partition coefficient (Wildman–Crippen LogP) is 4.87. The van der Waals surface area contributed by atoms with E-state index in [1.165, 1.54) is 16.9 Å². The number of halogens is 2. The van der Waals surface area contributed by atoms with E-state index in [1.54, 1.807) is 59.4 Å². The van der Waals surface area contributed by atoms with Crippen molar-refractivity contribution in [3.8, 4) is 23.0 Å².